The van der Waals surface area contributed by atoms with Gasteiger partial charge in [-0.3, -0.25) is 0 Å². The molecule has 0 aliphatic heterocycles. The normalized spacial score (nSPS) is 11.8. The Morgan fingerprint density at radius 1 is 1.04 bits per heavy atom. The molecule has 0 unspecified atom stereocenters. The summed E-state index contributed by atoms with van der Waals surface area (Å²) < 4.78 is 41.6. The third-order valence-electron chi connectivity index (χ3n) is 3.25. The average Bonchev–Trinajstić information content (AvgIpc) is 2.87. The fraction of sp³-hybridized carbons (Fsp3) is 0.133. The van der Waals surface area contributed by atoms with Gasteiger partial charge < -0.3 is 4.57 Å². The topological polar surface area (TPSA) is 43.6 Å². The van der Waals surface area contributed by atoms with Gasteiger partial charge in [-0.25, -0.2) is 15.0 Å². The molecule has 4 nitrogen and oxygen atoms in total. The summed E-state index contributed by atoms with van der Waals surface area (Å²) in [5.74, 6) is 0.333. The smallest absolute Gasteiger partial charge is 0.307 e. The van der Waals surface area contributed by atoms with Crippen molar-refractivity contribution in [1.29, 1.82) is 0 Å². The quantitative estimate of drug-likeness (QED) is 0.529. The molecule has 0 bridgehead atoms. The van der Waals surface area contributed by atoms with E-state index >= 15 is 0 Å². The van der Waals surface area contributed by atoms with Gasteiger partial charge in [0.2, 0.25) is 0 Å². The molecule has 0 fully saturated rings. The number of aromatic nitrogens is 4. The highest BCUT2D eigenvalue weighted by Crippen LogP contribution is 2.37. The molecule has 0 aliphatic carbocycles. The first-order valence-electron chi connectivity index (χ1n) is 6.81. The highest BCUT2D eigenvalue weighted by Gasteiger charge is 2.39. The summed E-state index contributed by atoms with van der Waals surface area (Å²) in [7, 11) is 0. The van der Waals surface area contributed by atoms with Gasteiger partial charge >= 0.3 is 6.18 Å². The Morgan fingerprint density at radius 2 is 1.64 bits per heavy atom. The van der Waals surface area contributed by atoms with Gasteiger partial charge in [-0.1, -0.05) is 51.3 Å². The fourth-order valence-corrected chi connectivity index (χ4v) is 2.79. The summed E-state index contributed by atoms with van der Waals surface area (Å²) >= 11 is 15.0. The molecule has 3 rings (SSSR count). The number of hydrogen-bond acceptors (Lipinski definition) is 3. The minimum absolute atomic E-state index is 0.0726. The van der Waals surface area contributed by atoms with E-state index in [0.717, 1.165) is 4.47 Å². The van der Waals surface area contributed by atoms with Gasteiger partial charge in [0.15, 0.2) is 5.69 Å². The van der Waals surface area contributed by atoms with Crippen molar-refractivity contribution in [1.82, 2.24) is 19.5 Å². The van der Waals surface area contributed by atoms with Crippen molar-refractivity contribution in [3.05, 3.63) is 62.8 Å². The van der Waals surface area contributed by atoms with Crippen molar-refractivity contribution in [2.24, 2.45) is 0 Å². The number of rotatable bonds is 3. The number of alkyl halides is 3. The van der Waals surface area contributed by atoms with Crippen LogP contribution in [0.5, 0.6) is 0 Å². The molecular weight excluding hydrogens is 444 g/mol. The van der Waals surface area contributed by atoms with Crippen LogP contribution in [0.4, 0.5) is 13.2 Å². The van der Waals surface area contributed by atoms with E-state index < -0.39 is 17.0 Å². The second-order valence-electron chi connectivity index (χ2n) is 4.98. The fourth-order valence-electron chi connectivity index (χ4n) is 2.14. The maximum Gasteiger partial charge on any atom is 0.436 e. The molecule has 0 N–H and O–H groups in total. The summed E-state index contributed by atoms with van der Waals surface area (Å²) in [5, 5.41) is -0.200. The van der Waals surface area contributed by atoms with E-state index in [9.17, 15) is 13.2 Å². The molecule has 0 aliphatic rings. The van der Waals surface area contributed by atoms with Crippen LogP contribution in [-0.4, -0.2) is 19.5 Å². The SMILES string of the molecule is FC(F)(F)c1nc(-c2ccc(Br)cc2)n(Cc2ncc(Cl)cn2)c1Cl. The maximum atomic E-state index is 13.2. The Balaban J connectivity index is 2.12. The number of hydrogen-bond donors (Lipinski definition) is 0. The zero-order valence-electron chi connectivity index (χ0n) is 12.2. The molecule has 3 aromatic rings. The van der Waals surface area contributed by atoms with E-state index in [1.807, 2.05) is 0 Å². The average molecular weight is 452 g/mol. The van der Waals surface area contributed by atoms with Crippen molar-refractivity contribution < 1.29 is 13.2 Å². The molecule has 2 heterocycles. The van der Waals surface area contributed by atoms with Crippen LogP contribution >= 0.6 is 39.1 Å². The second kappa shape index (κ2) is 6.93. The molecular formula is C15H8BrCl2F3N4. The van der Waals surface area contributed by atoms with E-state index in [0.29, 0.717) is 10.6 Å². The third kappa shape index (κ3) is 3.96. The molecule has 0 amide bonds. The predicted octanol–water partition coefficient (Wildman–Crippen LogP) is 5.48. The van der Waals surface area contributed by atoms with E-state index in [4.69, 9.17) is 23.2 Å². The van der Waals surface area contributed by atoms with Crippen LogP contribution in [0.2, 0.25) is 10.2 Å². The molecule has 1 aromatic carbocycles. The standard InChI is InChI=1S/C15H8BrCl2F3N4/c16-9-3-1-8(2-4-9)14-24-12(15(19,20)21)13(18)25(14)7-11-22-5-10(17)6-23-11/h1-6H,7H2. The minimum atomic E-state index is -4.67. The molecule has 0 radical (unpaired) electrons. The number of nitrogens with zero attached hydrogens (tertiary/aromatic N) is 4. The molecule has 0 spiro atoms. The van der Waals surface area contributed by atoms with E-state index in [2.05, 4.69) is 30.9 Å². The Labute approximate surface area is 158 Å². The highest BCUT2D eigenvalue weighted by atomic mass is 79.9. The molecule has 10 heteroatoms. The van der Waals surface area contributed by atoms with Crippen molar-refractivity contribution in [3.63, 3.8) is 0 Å². The first-order chi connectivity index (χ1) is 11.8. The number of halogens is 6. The number of imidazole rings is 1. The molecule has 0 saturated carbocycles. The van der Waals surface area contributed by atoms with Gasteiger partial charge in [-0.2, -0.15) is 13.2 Å². The lowest BCUT2D eigenvalue weighted by Gasteiger charge is -2.09. The monoisotopic (exact) mass is 450 g/mol. The van der Waals surface area contributed by atoms with Gasteiger partial charge in [0.1, 0.15) is 16.8 Å². The lowest BCUT2D eigenvalue weighted by Crippen LogP contribution is -2.08. The first kappa shape index (κ1) is 18.2. The van der Waals surface area contributed by atoms with E-state index in [1.165, 1.54) is 17.0 Å². The molecule has 130 valence electrons. The summed E-state index contributed by atoms with van der Waals surface area (Å²) in [5.41, 5.74) is -0.671. The Bertz CT molecular complexity index is 893. The molecule has 2 aromatic heterocycles. The highest BCUT2D eigenvalue weighted by molar-refractivity contribution is 9.10. The van der Waals surface area contributed by atoms with E-state index in [-0.39, 0.29) is 18.2 Å². The lowest BCUT2D eigenvalue weighted by molar-refractivity contribution is -0.140. The third-order valence-corrected chi connectivity index (χ3v) is 4.36. The number of benzene rings is 1. The van der Waals surface area contributed by atoms with Crippen LogP contribution < -0.4 is 0 Å². The lowest BCUT2D eigenvalue weighted by atomic mass is 10.2. The molecule has 0 atom stereocenters. The first-order valence-corrected chi connectivity index (χ1v) is 8.36. The zero-order valence-corrected chi connectivity index (χ0v) is 15.3. The minimum Gasteiger partial charge on any atom is -0.307 e. The second-order valence-corrected chi connectivity index (χ2v) is 6.69. The Hall–Kier alpha value is -1.64. The Kier molecular flexibility index (Phi) is 5.04. The maximum absolute atomic E-state index is 13.2. The molecule has 25 heavy (non-hydrogen) atoms. The van der Waals surface area contributed by atoms with Crippen LogP contribution in [0.25, 0.3) is 11.4 Å². The van der Waals surface area contributed by atoms with Crippen molar-refractivity contribution in [3.8, 4) is 11.4 Å². The van der Waals surface area contributed by atoms with Gasteiger partial charge in [-0.05, 0) is 12.1 Å². The van der Waals surface area contributed by atoms with Gasteiger partial charge in [-0.15, -0.1) is 0 Å². The van der Waals surface area contributed by atoms with Gasteiger partial charge in [0, 0.05) is 22.4 Å². The summed E-state index contributed by atoms with van der Waals surface area (Å²) in [6.07, 6.45) is -1.95. The van der Waals surface area contributed by atoms with Crippen LogP contribution in [0.1, 0.15) is 11.5 Å². The summed E-state index contributed by atoms with van der Waals surface area (Å²) in [6, 6.07) is 6.69. The summed E-state index contributed by atoms with van der Waals surface area (Å²) in [4.78, 5) is 11.7. The zero-order chi connectivity index (χ0) is 18.2. The Morgan fingerprint density at radius 3 is 2.20 bits per heavy atom. The van der Waals surface area contributed by atoms with Crippen LogP contribution in [0, 0.1) is 0 Å². The molecule has 0 saturated heterocycles. The van der Waals surface area contributed by atoms with Crippen LogP contribution in [0.15, 0.2) is 41.1 Å². The van der Waals surface area contributed by atoms with Crippen LogP contribution in [-0.2, 0) is 12.7 Å². The largest absolute Gasteiger partial charge is 0.436 e. The van der Waals surface area contributed by atoms with Gasteiger partial charge in [0.05, 0.1) is 11.6 Å². The van der Waals surface area contributed by atoms with E-state index in [1.54, 1.807) is 24.3 Å². The van der Waals surface area contributed by atoms with Crippen molar-refractivity contribution in [2.75, 3.05) is 0 Å². The van der Waals surface area contributed by atoms with Crippen molar-refractivity contribution >= 4 is 39.1 Å². The van der Waals surface area contributed by atoms with Gasteiger partial charge in [0.25, 0.3) is 0 Å². The van der Waals surface area contributed by atoms with Crippen LogP contribution in [0.3, 0.4) is 0 Å². The predicted molar refractivity (Wildman–Crippen MR) is 91.5 cm³/mol. The van der Waals surface area contributed by atoms with Crippen molar-refractivity contribution in [2.45, 2.75) is 12.7 Å². The summed E-state index contributed by atoms with van der Waals surface area (Å²) in [6.45, 7) is -0.0789.